The molecular formula is C50H91NO5. The molecule has 1 amide bonds. The van der Waals surface area contributed by atoms with Gasteiger partial charge in [0.05, 0.1) is 25.4 Å². The maximum atomic E-state index is 12.4. The molecule has 2 atom stereocenters. The van der Waals surface area contributed by atoms with Gasteiger partial charge in [-0.3, -0.25) is 9.59 Å². The highest BCUT2D eigenvalue weighted by Crippen LogP contribution is 2.14. The highest BCUT2D eigenvalue weighted by atomic mass is 16.5. The number of nitrogens with one attached hydrogen (secondary N) is 1. The summed E-state index contributed by atoms with van der Waals surface area (Å²) in [7, 11) is 0. The van der Waals surface area contributed by atoms with Crippen molar-refractivity contribution in [2.75, 3.05) is 13.2 Å². The zero-order valence-electron chi connectivity index (χ0n) is 36.8. The largest absolute Gasteiger partial charge is 0.466 e. The predicted octanol–water partition coefficient (Wildman–Crippen LogP) is 13.9. The molecule has 0 aromatic rings. The molecule has 0 aromatic carbocycles. The lowest BCUT2D eigenvalue weighted by molar-refractivity contribution is -0.143. The molecule has 0 saturated carbocycles. The van der Waals surface area contributed by atoms with E-state index in [1.165, 1.54) is 128 Å². The first-order valence-corrected chi connectivity index (χ1v) is 23.9. The van der Waals surface area contributed by atoms with E-state index in [1.54, 1.807) is 0 Å². The minimum atomic E-state index is -0.698. The van der Waals surface area contributed by atoms with Crippen LogP contribution in [-0.4, -0.2) is 47.4 Å². The van der Waals surface area contributed by atoms with Crippen molar-refractivity contribution in [3.05, 3.63) is 48.6 Å². The van der Waals surface area contributed by atoms with Crippen molar-refractivity contribution in [2.45, 2.75) is 244 Å². The van der Waals surface area contributed by atoms with Crippen LogP contribution >= 0.6 is 0 Å². The van der Waals surface area contributed by atoms with Gasteiger partial charge >= 0.3 is 5.97 Å². The van der Waals surface area contributed by atoms with E-state index >= 15 is 0 Å². The molecule has 0 rings (SSSR count). The average molecular weight is 786 g/mol. The van der Waals surface area contributed by atoms with Crippen molar-refractivity contribution in [2.24, 2.45) is 0 Å². The molecule has 0 saturated heterocycles. The van der Waals surface area contributed by atoms with E-state index in [0.717, 1.165) is 64.2 Å². The number of allylic oxidation sites excluding steroid dienone is 8. The van der Waals surface area contributed by atoms with E-state index in [4.69, 9.17) is 4.74 Å². The minimum absolute atomic E-state index is 0.0323. The number of amides is 1. The van der Waals surface area contributed by atoms with Gasteiger partial charge < -0.3 is 20.3 Å². The summed E-state index contributed by atoms with van der Waals surface area (Å²) < 4.78 is 5.44. The molecule has 0 aliphatic heterocycles. The molecule has 326 valence electrons. The first-order chi connectivity index (χ1) is 27.5. The molecule has 0 bridgehead atoms. The van der Waals surface area contributed by atoms with Crippen molar-refractivity contribution in [3.8, 4) is 0 Å². The van der Waals surface area contributed by atoms with E-state index in [2.05, 4.69) is 61.7 Å². The topological polar surface area (TPSA) is 95.9 Å². The summed E-state index contributed by atoms with van der Waals surface area (Å²) in [4.78, 5) is 24.4. The average Bonchev–Trinajstić information content (AvgIpc) is 3.20. The van der Waals surface area contributed by atoms with Crippen LogP contribution in [0.25, 0.3) is 0 Å². The lowest BCUT2D eigenvalue weighted by atomic mass is 10.0. The second kappa shape index (κ2) is 45.5. The number of carbonyl (C=O) groups is 2. The van der Waals surface area contributed by atoms with E-state index in [0.29, 0.717) is 32.3 Å². The molecule has 0 spiro atoms. The van der Waals surface area contributed by atoms with E-state index in [-0.39, 0.29) is 18.5 Å². The van der Waals surface area contributed by atoms with Gasteiger partial charge in [0.1, 0.15) is 0 Å². The lowest BCUT2D eigenvalue weighted by Crippen LogP contribution is -2.45. The number of hydrogen-bond acceptors (Lipinski definition) is 5. The summed E-state index contributed by atoms with van der Waals surface area (Å²) in [5.74, 6) is -0.152. The Labute approximate surface area is 346 Å². The maximum Gasteiger partial charge on any atom is 0.305 e. The number of aliphatic hydroxyl groups is 2. The van der Waals surface area contributed by atoms with Crippen molar-refractivity contribution >= 4 is 11.9 Å². The smallest absolute Gasteiger partial charge is 0.305 e. The van der Waals surface area contributed by atoms with Crippen molar-refractivity contribution < 1.29 is 24.5 Å². The summed E-state index contributed by atoms with van der Waals surface area (Å²) in [5.41, 5.74) is 0. The fourth-order valence-electron chi connectivity index (χ4n) is 6.89. The highest BCUT2D eigenvalue weighted by molar-refractivity contribution is 5.76. The number of carbonyl (C=O) groups excluding carboxylic acids is 2. The molecule has 0 aromatic heterocycles. The zero-order valence-corrected chi connectivity index (χ0v) is 36.8. The Balaban J connectivity index is 3.57. The van der Waals surface area contributed by atoms with Crippen LogP contribution in [0.2, 0.25) is 0 Å². The molecule has 0 radical (unpaired) electrons. The molecule has 0 aliphatic rings. The van der Waals surface area contributed by atoms with Gasteiger partial charge in [0.15, 0.2) is 0 Å². The van der Waals surface area contributed by atoms with Gasteiger partial charge in [-0.1, -0.05) is 191 Å². The van der Waals surface area contributed by atoms with Crippen LogP contribution in [0, 0.1) is 0 Å². The third kappa shape index (κ3) is 41.5. The Hall–Kier alpha value is -2.18. The Kier molecular flexibility index (Phi) is 43.7. The monoisotopic (exact) mass is 786 g/mol. The predicted molar refractivity (Wildman–Crippen MR) is 241 cm³/mol. The van der Waals surface area contributed by atoms with Gasteiger partial charge in [-0.25, -0.2) is 0 Å². The standard InChI is InChI=1S/C50H91NO5/c1-3-5-7-9-11-13-15-16-17-20-24-28-32-36-40-44-50(55)56-45-41-37-33-29-25-21-18-19-23-27-31-35-39-43-49(54)51-47(46-52)48(53)42-38-34-30-26-22-14-12-10-8-6-4-2/h11,13,16-17,19,23,31,35,47-48,52-53H,3-10,12,14-15,18,20-22,24-30,32-34,36-46H2,1-2H3,(H,51,54)/b13-11-,17-16-,23-19-,35-31-. The first-order valence-electron chi connectivity index (χ1n) is 23.9. The third-order valence-electron chi connectivity index (χ3n) is 10.6. The quantitative estimate of drug-likeness (QED) is 0.0325. The molecule has 6 heteroatoms. The maximum absolute atomic E-state index is 12.4. The van der Waals surface area contributed by atoms with E-state index < -0.39 is 12.1 Å². The number of unbranched alkanes of at least 4 members (excludes halogenated alkanes) is 24. The van der Waals surface area contributed by atoms with Crippen LogP contribution in [0.5, 0.6) is 0 Å². The Morgan fingerprint density at radius 2 is 0.911 bits per heavy atom. The SMILES string of the molecule is CCCCC/C=C\C/C=C\CCCCCCCC(=O)OCCCCCCCC/C=C\C/C=C\CCC(=O)NC(CO)C(O)CCCCCCCCCCCCC. The van der Waals surface area contributed by atoms with Crippen LogP contribution in [0.1, 0.15) is 232 Å². The van der Waals surface area contributed by atoms with Gasteiger partial charge in [0, 0.05) is 12.8 Å². The molecule has 0 aliphatic carbocycles. The van der Waals surface area contributed by atoms with E-state index in [1.807, 2.05) is 6.08 Å². The van der Waals surface area contributed by atoms with Gasteiger partial charge in [-0.15, -0.1) is 0 Å². The van der Waals surface area contributed by atoms with Crippen molar-refractivity contribution in [1.82, 2.24) is 5.32 Å². The van der Waals surface area contributed by atoms with Crippen molar-refractivity contribution in [1.29, 1.82) is 0 Å². The number of aliphatic hydroxyl groups excluding tert-OH is 2. The Morgan fingerprint density at radius 1 is 0.500 bits per heavy atom. The van der Waals surface area contributed by atoms with Crippen LogP contribution in [0.4, 0.5) is 0 Å². The highest BCUT2D eigenvalue weighted by Gasteiger charge is 2.19. The lowest BCUT2D eigenvalue weighted by Gasteiger charge is -2.22. The first kappa shape index (κ1) is 53.8. The van der Waals surface area contributed by atoms with Crippen LogP contribution < -0.4 is 5.32 Å². The molecular weight excluding hydrogens is 695 g/mol. The van der Waals surface area contributed by atoms with Gasteiger partial charge in [-0.2, -0.15) is 0 Å². The summed E-state index contributed by atoms with van der Waals surface area (Å²) in [5, 5.41) is 23.0. The van der Waals surface area contributed by atoms with E-state index in [9.17, 15) is 19.8 Å². The second-order valence-electron chi connectivity index (χ2n) is 16.1. The summed E-state index contributed by atoms with van der Waals surface area (Å²) >= 11 is 0. The molecule has 2 unspecified atom stereocenters. The molecule has 0 fully saturated rings. The number of esters is 1. The van der Waals surface area contributed by atoms with Gasteiger partial charge in [0.2, 0.25) is 5.91 Å². The summed E-state index contributed by atoms with van der Waals surface area (Å²) in [6.07, 6.45) is 55.1. The zero-order chi connectivity index (χ0) is 40.8. The second-order valence-corrected chi connectivity index (χ2v) is 16.1. The van der Waals surface area contributed by atoms with Crippen LogP contribution in [-0.2, 0) is 14.3 Å². The normalized spacial score (nSPS) is 13.1. The molecule has 0 heterocycles. The summed E-state index contributed by atoms with van der Waals surface area (Å²) in [6.45, 7) is 4.82. The number of hydrogen-bond donors (Lipinski definition) is 3. The number of ether oxygens (including phenoxy) is 1. The fraction of sp³-hybridized carbons (Fsp3) is 0.800. The fourth-order valence-corrected chi connectivity index (χ4v) is 6.89. The Bertz CT molecular complexity index is 957. The van der Waals surface area contributed by atoms with Crippen LogP contribution in [0.15, 0.2) is 48.6 Å². The Morgan fingerprint density at radius 3 is 1.43 bits per heavy atom. The van der Waals surface area contributed by atoms with Crippen molar-refractivity contribution in [3.63, 3.8) is 0 Å². The van der Waals surface area contributed by atoms with Gasteiger partial charge in [0.25, 0.3) is 0 Å². The van der Waals surface area contributed by atoms with Crippen LogP contribution in [0.3, 0.4) is 0 Å². The molecule has 3 N–H and O–H groups in total. The minimum Gasteiger partial charge on any atom is -0.466 e. The molecule has 6 nitrogen and oxygen atoms in total. The number of rotatable bonds is 43. The van der Waals surface area contributed by atoms with Gasteiger partial charge in [-0.05, 0) is 77.0 Å². The third-order valence-corrected chi connectivity index (χ3v) is 10.6. The molecule has 56 heavy (non-hydrogen) atoms. The summed E-state index contributed by atoms with van der Waals surface area (Å²) in [6, 6.07) is -0.585.